The van der Waals surface area contributed by atoms with E-state index in [0.717, 1.165) is 11.8 Å². The SMILES string of the molecule is CC(C)(C)NCC1CCCCC1CCSc1ccccc1. The van der Waals surface area contributed by atoms with Gasteiger partial charge in [-0.3, -0.25) is 0 Å². The molecule has 1 aliphatic rings. The second-order valence-electron chi connectivity index (χ2n) is 7.39. The molecule has 1 aliphatic carbocycles. The van der Waals surface area contributed by atoms with Gasteiger partial charge in [0.25, 0.3) is 0 Å². The number of thioether (sulfide) groups is 1. The fourth-order valence-electron chi connectivity index (χ4n) is 3.22. The van der Waals surface area contributed by atoms with Crippen LogP contribution in [-0.2, 0) is 0 Å². The molecule has 1 nitrogen and oxygen atoms in total. The first-order valence-corrected chi connectivity index (χ1v) is 9.46. The van der Waals surface area contributed by atoms with Crippen molar-refractivity contribution >= 4 is 11.8 Å². The van der Waals surface area contributed by atoms with Gasteiger partial charge < -0.3 is 5.32 Å². The molecule has 1 N–H and O–H groups in total. The van der Waals surface area contributed by atoms with Gasteiger partial charge in [0.1, 0.15) is 0 Å². The molecule has 1 saturated carbocycles. The van der Waals surface area contributed by atoms with Crippen LogP contribution in [0.1, 0.15) is 52.9 Å². The standard InChI is InChI=1S/C19H31NS/c1-19(2,3)20-15-17-10-8-7-9-16(17)13-14-21-18-11-5-4-6-12-18/h4-6,11-12,16-17,20H,7-10,13-15H2,1-3H3. The highest BCUT2D eigenvalue weighted by molar-refractivity contribution is 7.99. The molecule has 2 unspecified atom stereocenters. The Kier molecular flexibility index (Phi) is 6.63. The van der Waals surface area contributed by atoms with Crippen LogP contribution in [0.2, 0.25) is 0 Å². The Morgan fingerprint density at radius 1 is 1.05 bits per heavy atom. The van der Waals surface area contributed by atoms with Crippen molar-refractivity contribution in [2.45, 2.75) is 63.3 Å². The van der Waals surface area contributed by atoms with E-state index >= 15 is 0 Å². The molecule has 2 rings (SSSR count). The quantitative estimate of drug-likeness (QED) is 0.710. The first-order valence-electron chi connectivity index (χ1n) is 8.47. The molecule has 0 amide bonds. The van der Waals surface area contributed by atoms with Gasteiger partial charge in [0.05, 0.1) is 0 Å². The normalized spacial score (nSPS) is 23.2. The summed E-state index contributed by atoms with van der Waals surface area (Å²) in [7, 11) is 0. The fraction of sp³-hybridized carbons (Fsp3) is 0.684. The average molecular weight is 306 g/mol. The zero-order chi connectivity index (χ0) is 15.1. The maximum absolute atomic E-state index is 3.72. The molecule has 0 spiro atoms. The van der Waals surface area contributed by atoms with Gasteiger partial charge in [-0.15, -0.1) is 11.8 Å². The Labute approximate surface area is 135 Å². The highest BCUT2D eigenvalue weighted by atomic mass is 32.2. The Bertz CT molecular complexity index is 396. The van der Waals surface area contributed by atoms with Gasteiger partial charge in [-0.2, -0.15) is 0 Å². The molecule has 21 heavy (non-hydrogen) atoms. The second kappa shape index (κ2) is 8.24. The van der Waals surface area contributed by atoms with Crippen molar-refractivity contribution in [2.75, 3.05) is 12.3 Å². The van der Waals surface area contributed by atoms with Crippen LogP contribution in [-0.4, -0.2) is 17.8 Å². The van der Waals surface area contributed by atoms with E-state index in [1.54, 1.807) is 0 Å². The third-order valence-electron chi connectivity index (χ3n) is 4.46. The largest absolute Gasteiger partial charge is 0.312 e. The van der Waals surface area contributed by atoms with Gasteiger partial charge in [0.15, 0.2) is 0 Å². The van der Waals surface area contributed by atoms with Crippen molar-refractivity contribution in [2.24, 2.45) is 11.8 Å². The summed E-state index contributed by atoms with van der Waals surface area (Å²) >= 11 is 2.02. The van der Waals surface area contributed by atoms with E-state index in [1.807, 2.05) is 11.8 Å². The lowest BCUT2D eigenvalue weighted by atomic mass is 9.77. The summed E-state index contributed by atoms with van der Waals surface area (Å²) in [5, 5.41) is 3.72. The summed E-state index contributed by atoms with van der Waals surface area (Å²) in [6.07, 6.45) is 7.09. The molecule has 0 aromatic heterocycles. The van der Waals surface area contributed by atoms with Crippen LogP contribution in [0.25, 0.3) is 0 Å². The van der Waals surface area contributed by atoms with Crippen molar-refractivity contribution < 1.29 is 0 Å². The molecule has 118 valence electrons. The molecule has 1 fully saturated rings. The number of rotatable bonds is 6. The van der Waals surface area contributed by atoms with Gasteiger partial charge in [-0.25, -0.2) is 0 Å². The Morgan fingerprint density at radius 2 is 1.71 bits per heavy atom. The van der Waals surface area contributed by atoms with Crippen molar-refractivity contribution in [3.63, 3.8) is 0 Å². The lowest BCUT2D eigenvalue weighted by molar-refractivity contribution is 0.210. The molecular formula is C19H31NS. The summed E-state index contributed by atoms with van der Waals surface area (Å²) in [6, 6.07) is 10.8. The number of benzene rings is 1. The predicted octanol–water partition coefficient (Wildman–Crippen LogP) is 5.36. The minimum atomic E-state index is 0.251. The molecule has 1 aromatic rings. The highest BCUT2D eigenvalue weighted by Crippen LogP contribution is 2.34. The van der Waals surface area contributed by atoms with E-state index in [4.69, 9.17) is 0 Å². The van der Waals surface area contributed by atoms with Crippen molar-refractivity contribution in [3.05, 3.63) is 30.3 Å². The minimum absolute atomic E-state index is 0.251. The van der Waals surface area contributed by atoms with Crippen molar-refractivity contribution in [1.29, 1.82) is 0 Å². The number of nitrogens with one attached hydrogen (secondary N) is 1. The molecule has 2 atom stereocenters. The van der Waals surface area contributed by atoms with Crippen LogP contribution < -0.4 is 5.32 Å². The molecule has 0 saturated heterocycles. The Hall–Kier alpha value is -0.470. The smallest absolute Gasteiger partial charge is 0.00966 e. The van der Waals surface area contributed by atoms with E-state index in [-0.39, 0.29) is 5.54 Å². The molecular weight excluding hydrogens is 274 g/mol. The van der Waals surface area contributed by atoms with Gasteiger partial charge in [0, 0.05) is 10.4 Å². The predicted molar refractivity (Wildman–Crippen MR) is 95.0 cm³/mol. The molecule has 0 aliphatic heterocycles. The van der Waals surface area contributed by atoms with Crippen LogP contribution in [0.5, 0.6) is 0 Å². The van der Waals surface area contributed by atoms with E-state index in [9.17, 15) is 0 Å². The van der Waals surface area contributed by atoms with Crippen LogP contribution in [0.15, 0.2) is 35.2 Å². The lowest BCUT2D eigenvalue weighted by Gasteiger charge is -2.34. The van der Waals surface area contributed by atoms with Crippen molar-refractivity contribution in [1.82, 2.24) is 5.32 Å². The molecule has 2 heteroatoms. The number of hydrogen-bond donors (Lipinski definition) is 1. The lowest BCUT2D eigenvalue weighted by Crippen LogP contribution is -2.41. The first-order chi connectivity index (χ1) is 10.0. The summed E-state index contributed by atoms with van der Waals surface area (Å²) in [6.45, 7) is 8.02. The maximum Gasteiger partial charge on any atom is 0.00966 e. The third kappa shape index (κ3) is 6.44. The van der Waals surface area contributed by atoms with Gasteiger partial charge in [-0.1, -0.05) is 37.5 Å². The molecule has 0 heterocycles. The average Bonchev–Trinajstić information content (AvgIpc) is 2.46. The summed E-state index contributed by atoms with van der Waals surface area (Å²) in [5.74, 6) is 3.07. The van der Waals surface area contributed by atoms with E-state index < -0.39 is 0 Å². The molecule has 0 radical (unpaired) electrons. The van der Waals surface area contributed by atoms with Crippen LogP contribution in [0.4, 0.5) is 0 Å². The Balaban J connectivity index is 1.76. The van der Waals surface area contributed by atoms with Gasteiger partial charge in [0.2, 0.25) is 0 Å². The van der Waals surface area contributed by atoms with Crippen LogP contribution in [0, 0.1) is 11.8 Å². The van der Waals surface area contributed by atoms with Crippen LogP contribution >= 0.6 is 11.8 Å². The number of hydrogen-bond acceptors (Lipinski definition) is 2. The topological polar surface area (TPSA) is 12.0 Å². The fourth-order valence-corrected chi connectivity index (χ4v) is 4.22. The maximum atomic E-state index is 3.72. The molecule has 0 bridgehead atoms. The van der Waals surface area contributed by atoms with Gasteiger partial charge >= 0.3 is 0 Å². The minimum Gasteiger partial charge on any atom is -0.312 e. The zero-order valence-electron chi connectivity index (χ0n) is 13.9. The third-order valence-corrected chi connectivity index (χ3v) is 5.51. The zero-order valence-corrected chi connectivity index (χ0v) is 14.7. The Morgan fingerprint density at radius 3 is 2.38 bits per heavy atom. The van der Waals surface area contributed by atoms with Crippen LogP contribution in [0.3, 0.4) is 0 Å². The summed E-state index contributed by atoms with van der Waals surface area (Å²) < 4.78 is 0. The monoisotopic (exact) mass is 305 g/mol. The first kappa shape index (κ1) is 16.9. The summed E-state index contributed by atoms with van der Waals surface area (Å²) in [4.78, 5) is 1.41. The van der Waals surface area contributed by atoms with Gasteiger partial charge in [-0.05, 0) is 69.9 Å². The second-order valence-corrected chi connectivity index (χ2v) is 8.55. The van der Waals surface area contributed by atoms with E-state index in [2.05, 4.69) is 56.4 Å². The van der Waals surface area contributed by atoms with E-state index in [0.29, 0.717) is 0 Å². The van der Waals surface area contributed by atoms with Crippen molar-refractivity contribution in [3.8, 4) is 0 Å². The summed E-state index contributed by atoms with van der Waals surface area (Å²) in [5.41, 5.74) is 0.251. The highest BCUT2D eigenvalue weighted by Gasteiger charge is 2.25. The molecule has 1 aromatic carbocycles. The van der Waals surface area contributed by atoms with E-state index in [1.165, 1.54) is 49.3 Å².